The number of hydrogen-bond donors (Lipinski definition) is 2. The van der Waals surface area contributed by atoms with Crippen LogP contribution in [0.25, 0.3) is 5.69 Å². The zero-order valence-electron chi connectivity index (χ0n) is 17.8. The van der Waals surface area contributed by atoms with Gasteiger partial charge in [-0.25, -0.2) is 14.6 Å². The highest BCUT2D eigenvalue weighted by molar-refractivity contribution is 5.94. The van der Waals surface area contributed by atoms with Gasteiger partial charge in [-0.15, -0.1) is 0 Å². The molecule has 1 spiro atoms. The molecule has 0 bridgehead atoms. The normalized spacial score (nSPS) is 17.1. The second kappa shape index (κ2) is 8.22. The molecule has 0 saturated heterocycles. The molecule has 1 aliphatic heterocycles. The SMILES string of the molecule is O=C(NCc1ccccc1-n1cncn1)c1nc2n(c(=O)c1O)CCCC21CCCCC1. The predicted octanol–water partition coefficient (Wildman–Crippen LogP) is 2.46. The second-order valence-electron chi connectivity index (χ2n) is 8.69. The highest BCUT2D eigenvalue weighted by atomic mass is 16.3. The average molecular weight is 435 g/mol. The quantitative estimate of drug-likeness (QED) is 0.652. The highest BCUT2D eigenvalue weighted by Gasteiger charge is 2.41. The maximum absolute atomic E-state index is 13.0. The second-order valence-corrected chi connectivity index (χ2v) is 8.69. The molecule has 3 heterocycles. The number of fused-ring (bicyclic) bond motifs is 2. The minimum absolute atomic E-state index is 0.169. The summed E-state index contributed by atoms with van der Waals surface area (Å²) in [6.45, 7) is 0.725. The molecular formula is C23H26N6O3. The summed E-state index contributed by atoms with van der Waals surface area (Å²) in [7, 11) is 0. The summed E-state index contributed by atoms with van der Waals surface area (Å²) < 4.78 is 3.20. The van der Waals surface area contributed by atoms with Crippen LogP contribution in [0, 0.1) is 0 Å². The van der Waals surface area contributed by atoms with Crippen LogP contribution in [-0.4, -0.2) is 35.3 Å². The molecule has 1 aromatic carbocycles. The number of amides is 1. The molecule has 5 rings (SSSR count). The van der Waals surface area contributed by atoms with E-state index in [1.165, 1.54) is 12.7 Å². The van der Waals surface area contributed by atoms with E-state index in [9.17, 15) is 14.7 Å². The van der Waals surface area contributed by atoms with Crippen LogP contribution in [0.2, 0.25) is 0 Å². The minimum atomic E-state index is -0.580. The van der Waals surface area contributed by atoms with Gasteiger partial charge in [0.2, 0.25) is 5.75 Å². The number of hydrogen-bond acceptors (Lipinski definition) is 6. The molecule has 1 saturated carbocycles. The fourth-order valence-corrected chi connectivity index (χ4v) is 5.18. The van der Waals surface area contributed by atoms with Gasteiger partial charge in [-0.2, -0.15) is 5.10 Å². The van der Waals surface area contributed by atoms with E-state index in [1.807, 2.05) is 24.3 Å². The molecular weight excluding hydrogens is 408 g/mol. The van der Waals surface area contributed by atoms with Crippen molar-refractivity contribution in [2.45, 2.75) is 63.5 Å². The third-order valence-electron chi connectivity index (χ3n) is 6.78. The van der Waals surface area contributed by atoms with E-state index in [0.29, 0.717) is 12.4 Å². The smallest absolute Gasteiger partial charge is 0.296 e. The van der Waals surface area contributed by atoms with Crippen molar-refractivity contribution in [3.8, 4) is 11.4 Å². The molecule has 9 nitrogen and oxygen atoms in total. The number of aromatic hydroxyl groups is 1. The van der Waals surface area contributed by atoms with Crippen LogP contribution >= 0.6 is 0 Å². The van der Waals surface area contributed by atoms with Gasteiger partial charge in [0.05, 0.1) is 5.69 Å². The number of benzene rings is 1. The summed E-state index contributed by atoms with van der Waals surface area (Å²) in [6, 6.07) is 7.51. The van der Waals surface area contributed by atoms with Gasteiger partial charge in [-0.3, -0.25) is 14.2 Å². The third-order valence-corrected chi connectivity index (χ3v) is 6.78. The average Bonchev–Trinajstić information content (AvgIpc) is 3.36. The fourth-order valence-electron chi connectivity index (χ4n) is 5.18. The molecule has 9 heteroatoms. The Labute approximate surface area is 185 Å². The molecule has 1 aliphatic carbocycles. The van der Waals surface area contributed by atoms with Gasteiger partial charge in [0.15, 0.2) is 5.69 Å². The Morgan fingerprint density at radius 2 is 1.91 bits per heavy atom. The first-order chi connectivity index (χ1) is 15.6. The summed E-state index contributed by atoms with van der Waals surface area (Å²) in [5.74, 6) is -0.476. The molecule has 2 N–H and O–H groups in total. The number of rotatable bonds is 4. The van der Waals surface area contributed by atoms with E-state index in [0.717, 1.165) is 49.8 Å². The Hall–Kier alpha value is -3.49. The van der Waals surface area contributed by atoms with Crippen LogP contribution in [0.5, 0.6) is 5.75 Å². The number of nitrogens with zero attached hydrogens (tertiary/aromatic N) is 5. The monoisotopic (exact) mass is 434 g/mol. The van der Waals surface area contributed by atoms with Gasteiger partial charge < -0.3 is 10.4 Å². The van der Waals surface area contributed by atoms with E-state index in [1.54, 1.807) is 15.6 Å². The van der Waals surface area contributed by atoms with E-state index < -0.39 is 17.2 Å². The number of carbonyl (C=O) groups excluding carboxylic acids is 1. The van der Waals surface area contributed by atoms with Crippen molar-refractivity contribution in [3.63, 3.8) is 0 Å². The molecule has 0 unspecified atom stereocenters. The van der Waals surface area contributed by atoms with Crippen molar-refractivity contribution in [2.24, 2.45) is 0 Å². The number of para-hydroxylation sites is 1. The lowest BCUT2D eigenvalue weighted by Crippen LogP contribution is -2.43. The van der Waals surface area contributed by atoms with E-state index in [-0.39, 0.29) is 17.7 Å². The van der Waals surface area contributed by atoms with Crippen molar-refractivity contribution < 1.29 is 9.90 Å². The van der Waals surface area contributed by atoms with Gasteiger partial charge in [-0.1, -0.05) is 37.5 Å². The van der Waals surface area contributed by atoms with E-state index in [4.69, 9.17) is 0 Å². The first-order valence-electron chi connectivity index (χ1n) is 11.1. The Bertz CT molecular complexity index is 1190. The molecule has 2 aromatic heterocycles. The van der Waals surface area contributed by atoms with Crippen molar-refractivity contribution in [1.29, 1.82) is 0 Å². The van der Waals surface area contributed by atoms with Crippen LogP contribution < -0.4 is 10.9 Å². The molecule has 32 heavy (non-hydrogen) atoms. The molecule has 0 atom stereocenters. The summed E-state index contributed by atoms with van der Waals surface area (Å²) in [6.07, 6.45) is 10.2. The third kappa shape index (κ3) is 3.47. The minimum Gasteiger partial charge on any atom is -0.501 e. The van der Waals surface area contributed by atoms with Gasteiger partial charge in [0, 0.05) is 18.5 Å². The van der Waals surface area contributed by atoms with Gasteiger partial charge in [0.1, 0.15) is 18.5 Å². The molecule has 1 fully saturated rings. The highest BCUT2D eigenvalue weighted by Crippen LogP contribution is 2.44. The van der Waals surface area contributed by atoms with Crippen molar-refractivity contribution >= 4 is 5.91 Å². The number of carbonyl (C=O) groups is 1. The summed E-state index contributed by atoms with van der Waals surface area (Å²) in [5.41, 5.74) is 0.732. The van der Waals surface area contributed by atoms with E-state index in [2.05, 4.69) is 20.4 Å². The molecule has 166 valence electrons. The van der Waals surface area contributed by atoms with Crippen LogP contribution in [-0.2, 0) is 18.5 Å². The van der Waals surface area contributed by atoms with Crippen LogP contribution in [0.1, 0.15) is 66.8 Å². The summed E-state index contributed by atoms with van der Waals surface area (Å²) >= 11 is 0. The van der Waals surface area contributed by atoms with Gasteiger partial charge in [0.25, 0.3) is 11.5 Å². The van der Waals surface area contributed by atoms with Crippen molar-refractivity contribution in [2.75, 3.05) is 0 Å². The standard InChI is InChI=1S/C23H26N6O3/c30-19-18(20(31)25-13-16-7-2-3-8-17(16)29-15-24-14-26-29)27-22-23(9-4-1-5-10-23)11-6-12-28(22)21(19)32/h2-3,7-8,14-15,30H,1,4-6,9-13H2,(H,25,31). The van der Waals surface area contributed by atoms with Crippen molar-refractivity contribution in [3.05, 3.63) is 64.4 Å². The maximum atomic E-state index is 13.0. The van der Waals surface area contributed by atoms with Crippen LogP contribution in [0.4, 0.5) is 0 Å². The predicted molar refractivity (Wildman–Crippen MR) is 117 cm³/mol. The van der Waals surface area contributed by atoms with Crippen LogP contribution in [0.3, 0.4) is 0 Å². The van der Waals surface area contributed by atoms with Gasteiger partial charge in [-0.05, 0) is 37.3 Å². The van der Waals surface area contributed by atoms with Gasteiger partial charge >= 0.3 is 0 Å². The molecule has 3 aromatic rings. The first kappa shape index (κ1) is 20.4. The Balaban J connectivity index is 1.45. The first-order valence-corrected chi connectivity index (χ1v) is 11.1. The lowest BCUT2D eigenvalue weighted by atomic mass is 9.69. The fraction of sp³-hybridized carbons (Fsp3) is 0.435. The zero-order chi connectivity index (χ0) is 22.1. The number of nitrogens with one attached hydrogen (secondary N) is 1. The summed E-state index contributed by atoms with van der Waals surface area (Å²) in [5, 5.41) is 17.5. The zero-order valence-corrected chi connectivity index (χ0v) is 17.8. The van der Waals surface area contributed by atoms with Crippen molar-refractivity contribution in [1.82, 2.24) is 29.6 Å². The Kier molecular flexibility index (Phi) is 5.24. The van der Waals surface area contributed by atoms with Crippen LogP contribution in [0.15, 0.2) is 41.7 Å². The molecule has 1 amide bonds. The lowest BCUT2D eigenvalue weighted by molar-refractivity contribution is 0.0939. The number of aromatic nitrogens is 5. The molecule has 2 aliphatic rings. The molecule has 0 radical (unpaired) electrons. The van der Waals surface area contributed by atoms with E-state index >= 15 is 0 Å². The Morgan fingerprint density at radius 3 is 2.69 bits per heavy atom. The Morgan fingerprint density at radius 1 is 1.12 bits per heavy atom. The maximum Gasteiger partial charge on any atom is 0.296 e. The topological polar surface area (TPSA) is 115 Å². The summed E-state index contributed by atoms with van der Waals surface area (Å²) in [4.78, 5) is 34.5. The lowest BCUT2D eigenvalue weighted by Gasteiger charge is -2.41. The largest absolute Gasteiger partial charge is 0.501 e.